The number of rotatable bonds is 4. The first-order valence-electron chi connectivity index (χ1n) is 6.66. The van der Waals surface area contributed by atoms with E-state index in [4.69, 9.17) is 0 Å². The molecular formula is C16H17FN2O2. The minimum Gasteiger partial charge on any atom is -0.378 e. The molecule has 2 aromatic carbocycles. The van der Waals surface area contributed by atoms with E-state index in [1.165, 1.54) is 6.07 Å². The number of halogens is 1. The summed E-state index contributed by atoms with van der Waals surface area (Å²) < 4.78 is 13.5. The molecule has 1 N–H and O–H groups in total. The second-order valence-electron chi connectivity index (χ2n) is 5.13. The van der Waals surface area contributed by atoms with Crippen LogP contribution in [0.2, 0.25) is 0 Å². The maximum Gasteiger partial charge on any atom is 0.272 e. The van der Waals surface area contributed by atoms with Crippen LogP contribution in [0.5, 0.6) is 0 Å². The van der Waals surface area contributed by atoms with E-state index in [1.54, 1.807) is 38.1 Å². The van der Waals surface area contributed by atoms with Gasteiger partial charge in [-0.15, -0.1) is 0 Å². The molecule has 0 aliphatic rings. The average Bonchev–Trinajstić information content (AvgIpc) is 2.43. The molecule has 21 heavy (non-hydrogen) atoms. The SMILES string of the molecule is Cc1ccc(NC(C)c2ccc(C)c([N+](=O)[O-])c2)cc1F. The molecule has 0 bridgehead atoms. The van der Waals surface area contributed by atoms with Gasteiger partial charge in [0.05, 0.1) is 4.92 Å². The third-order valence-electron chi connectivity index (χ3n) is 3.48. The van der Waals surface area contributed by atoms with Crippen molar-refractivity contribution in [2.45, 2.75) is 26.8 Å². The Morgan fingerprint density at radius 1 is 1.14 bits per heavy atom. The van der Waals surface area contributed by atoms with Crippen LogP contribution in [0.25, 0.3) is 0 Å². The van der Waals surface area contributed by atoms with Gasteiger partial charge in [0.2, 0.25) is 0 Å². The van der Waals surface area contributed by atoms with E-state index in [2.05, 4.69) is 5.32 Å². The first-order chi connectivity index (χ1) is 9.88. The van der Waals surface area contributed by atoms with Crippen molar-refractivity contribution in [2.75, 3.05) is 5.32 Å². The van der Waals surface area contributed by atoms with Gasteiger partial charge in [0.15, 0.2) is 0 Å². The summed E-state index contributed by atoms with van der Waals surface area (Å²) >= 11 is 0. The minimum absolute atomic E-state index is 0.0937. The Labute approximate surface area is 122 Å². The standard InChI is InChI=1S/C16H17FN2O2/c1-10-5-7-14(9-15(10)17)18-12(3)13-6-4-11(2)16(8-13)19(20)21/h4-9,12,18H,1-3H3. The zero-order chi connectivity index (χ0) is 15.6. The molecule has 0 heterocycles. The summed E-state index contributed by atoms with van der Waals surface area (Å²) in [6.07, 6.45) is 0. The molecule has 0 saturated heterocycles. The van der Waals surface area contributed by atoms with E-state index < -0.39 is 4.92 Å². The summed E-state index contributed by atoms with van der Waals surface area (Å²) in [6.45, 7) is 5.29. The lowest BCUT2D eigenvalue weighted by molar-refractivity contribution is -0.385. The van der Waals surface area contributed by atoms with Gasteiger partial charge in [-0.05, 0) is 44.0 Å². The number of nitrogens with one attached hydrogen (secondary N) is 1. The Morgan fingerprint density at radius 2 is 1.81 bits per heavy atom. The Kier molecular flexibility index (Phi) is 4.21. The van der Waals surface area contributed by atoms with Gasteiger partial charge in [0, 0.05) is 23.4 Å². The van der Waals surface area contributed by atoms with Crippen molar-refractivity contribution in [3.8, 4) is 0 Å². The molecule has 5 heteroatoms. The number of nitro groups is 1. The summed E-state index contributed by atoms with van der Waals surface area (Å²) in [5.41, 5.74) is 2.73. The first kappa shape index (κ1) is 15.0. The van der Waals surface area contributed by atoms with Crippen LogP contribution in [-0.2, 0) is 0 Å². The highest BCUT2D eigenvalue weighted by Gasteiger charge is 2.14. The molecule has 0 fully saturated rings. The Bertz CT molecular complexity index is 686. The molecule has 0 amide bonds. The molecule has 0 radical (unpaired) electrons. The lowest BCUT2D eigenvalue weighted by atomic mass is 10.0. The van der Waals surface area contributed by atoms with Crippen LogP contribution < -0.4 is 5.32 Å². The predicted octanol–water partition coefficient (Wildman–Crippen LogP) is 4.52. The van der Waals surface area contributed by atoms with E-state index in [9.17, 15) is 14.5 Å². The molecule has 0 saturated carbocycles. The van der Waals surface area contributed by atoms with Gasteiger partial charge in [-0.25, -0.2) is 4.39 Å². The number of benzene rings is 2. The van der Waals surface area contributed by atoms with Gasteiger partial charge in [0.1, 0.15) is 5.82 Å². The van der Waals surface area contributed by atoms with Crippen LogP contribution in [0.15, 0.2) is 36.4 Å². The molecule has 0 aromatic heterocycles. The molecule has 2 rings (SSSR count). The smallest absolute Gasteiger partial charge is 0.272 e. The van der Waals surface area contributed by atoms with Crippen molar-refractivity contribution in [1.29, 1.82) is 0 Å². The Balaban J connectivity index is 2.23. The summed E-state index contributed by atoms with van der Waals surface area (Å²) in [7, 11) is 0. The number of nitrogens with zero attached hydrogens (tertiary/aromatic N) is 1. The highest BCUT2D eigenvalue weighted by molar-refractivity contribution is 5.49. The third-order valence-corrected chi connectivity index (χ3v) is 3.48. The van der Waals surface area contributed by atoms with Crippen LogP contribution in [0, 0.1) is 29.8 Å². The third kappa shape index (κ3) is 3.37. The van der Waals surface area contributed by atoms with Crippen molar-refractivity contribution >= 4 is 11.4 Å². The second kappa shape index (κ2) is 5.91. The fourth-order valence-electron chi connectivity index (χ4n) is 2.11. The first-order valence-corrected chi connectivity index (χ1v) is 6.66. The van der Waals surface area contributed by atoms with Gasteiger partial charge >= 0.3 is 0 Å². The van der Waals surface area contributed by atoms with Crippen molar-refractivity contribution in [3.05, 3.63) is 69.0 Å². The Hall–Kier alpha value is -2.43. The fourth-order valence-corrected chi connectivity index (χ4v) is 2.11. The average molecular weight is 288 g/mol. The highest BCUT2D eigenvalue weighted by Crippen LogP contribution is 2.26. The number of hydrogen-bond acceptors (Lipinski definition) is 3. The number of anilines is 1. The molecule has 1 unspecified atom stereocenters. The van der Waals surface area contributed by atoms with Crippen molar-refractivity contribution < 1.29 is 9.31 Å². The van der Waals surface area contributed by atoms with Crippen LogP contribution in [0.3, 0.4) is 0 Å². The maximum absolute atomic E-state index is 13.5. The summed E-state index contributed by atoms with van der Waals surface area (Å²) in [4.78, 5) is 10.6. The molecule has 4 nitrogen and oxygen atoms in total. The van der Waals surface area contributed by atoms with E-state index in [-0.39, 0.29) is 17.5 Å². The zero-order valence-electron chi connectivity index (χ0n) is 12.2. The molecular weight excluding hydrogens is 271 g/mol. The molecule has 110 valence electrons. The largest absolute Gasteiger partial charge is 0.378 e. The molecule has 0 aliphatic carbocycles. The number of aryl methyl sites for hydroxylation is 2. The molecule has 0 spiro atoms. The van der Waals surface area contributed by atoms with E-state index in [1.807, 2.05) is 13.0 Å². The quantitative estimate of drug-likeness (QED) is 0.664. The zero-order valence-corrected chi connectivity index (χ0v) is 12.2. The fraction of sp³-hybridized carbons (Fsp3) is 0.250. The van der Waals surface area contributed by atoms with Crippen LogP contribution in [-0.4, -0.2) is 4.92 Å². The van der Waals surface area contributed by atoms with Crippen LogP contribution in [0.4, 0.5) is 15.8 Å². The molecule has 0 aliphatic heterocycles. The van der Waals surface area contributed by atoms with Gasteiger partial charge in [-0.3, -0.25) is 10.1 Å². The van der Waals surface area contributed by atoms with E-state index in [0.717, 1.165) is 5.56 Å². The summed E-state index contributed by atoms with van der Waals surface area (Å²) in [6, 6.07) is 9.86. The van der Waals surface area contributed by atoms with Gasteiger partial charge in [-0.1, -0.05) is 18.2 Å². The summed E-state index contributed by atoms with van der Waals surface area (Å²) in [5, 5.41) is 14.1. The lowest BCUT2D eigenvalue weighted by Gasteiger charge is -2.16. The maximum atomic E-state index is 13.5. The lowest BCUT2D eigenvalue weighted by Crippen LogP contribution is -2.07. The highest BCUT2D eigenvalue weighted by atomic mass is 19.1. The van der Waals surface area contributed by atoms with Crippen LogP contribution >= 0.6 is 0 Å². The van der Waals surface area contributed by atoms with Gasteiger partial charge < -0.3 is 5.32 Å². The second-order valence-corrected chi connectivity index (χ2v) is 5.13. The minimum atomic E-state index is -0.392. The van der Waals surface area contributed by atoms with Crippen molar-refractivity contribution in [3.63, 3.8) is 0 Å². The number of hydrogen-bond donors (Lipinski definition) is 1. The Morgan fingerprint density at radius 3 is 2.43 bits per heavy atom. The summed E-state index contributed by atoms with van der Waals surface area (Å²) in [5.74, 6) is -0.276. The van der Waals surface area contributed by atoms with E-state index in [0.29, 0.717) is 16.8 Å². The van der Waals surface area contributed by atoms with Gasteiger partial charge in [-0.2, -0.15) is 0 Å². The number of nitro benzene ring substituents is 1. The van der Waals surface area contributed by atoms with Gasteiger partial charge in [0.25, 0.3) is 5.69 Å². The monoisotopic (exact) mass is 288 g/mol. The van der Waals surface area contributed by atoms with E-state index >= 15 is 0 Å². The topological polar surface area (TPSA) is 55.2 Å². The molecule has 2 aromatic rings. The predicted molar refractivity (Wildman–Crippen MR) is 81.0 cm³/mol. The normalized spacial score (nSPS) is 12.0. The van der Waals surface area contributed by atoms with Crippen molar-refractivity contribution in [1.82, 2.24) is 0 Å². The van der Waals surface area contributed by atoms with Crippen molar-refractivity contribution in [2.24, 2.45) is 0 Å². The van der Waals surface area contributed by atoms with Crippen LogP contribution in [0.1, 0.15) is 29.7 Å². The molecule has 1 atom stereocenters.